The van der Waals surface area contributed by atoms with Crippen molar-refractivity contribution in [2.45, 2.75) is 6.18 Å². The normalized spacial score (nSPS) is 11.6. The van der Waals surface area contributed by atoms with Crippen molar-refractivity contribution >= 4 is 12.2 Å². The van der Waals surface area contributed by atoms with Crippen LogP contribution < -0.4 is 15.9 Å². The molecule has 0 spiro atoms. The number of primary amides is 1. The molecule has 19 heavy (non-hydrogen) atoms. The van der Waals surface area contributed by atoms with E-state index in [1.54, 1.807) is 5.43 Å². The Morgan fingerprint density at radius 1 is 1.47 bits per heavy atom. The van der Waals surface area contributed by atoms with Crippen LogP contribution in [0.4, 0.5) is 22.4 Å². The highest BCUT2D eigenvalue weighted by atomic mass is 19.4. The number of alkyl halides is 3. The van der Waals surface area contributed by atoms with Gasteiger partial charge in [-0.25, -0.2) is 14.6 Å². The summed E-state index contributed by atoms with van der Waals surface area (Å²) < 4.78 is 56.2. The Morgan fingerprint density at radius 2 is 2.11 bits per heavy atom. The maximum atomic E-state index is 13.3. The summed E-state index contributed by atoms with van der Waals surface area (Å²) in [6.07, 6.45) is -4.33. The average Bonchev–Trinajstić information content (AvgIpc) is 2.27. The van der Waals surface area contributed by atoms with Gasteiger partial charge in [0, 0.05) is 0 Å². The van der Waals surface area contributed by atoms with Gasteiger partial charge in [-0.15, -0.1) is 0 Å². The lowest BCUT2D eigenvalue weighted by Gasteiger charge is -2.14. The van der Waals surface area contributed by atoms with Gasteiger partial charge in [-0.3, -0.25) is 0 Å². The van der Waals surface area contributed by atoms with Crippen LogP contribution in [0.25, 0.3) is 0 Å². The molecule has 0 radical (unpaired) electrons. The topological polar surface area (TPSA) is 76.7 Å². The maximum Gasteiger partial charge on any atom is 0.419 e. The molecule has 1 rings (SSSR count). The molecule has 0 saturated heterocycles. The van der Waals surface area contributed by atoms with E-state index in [9.17, 15) is 22.4 Å². The van der Waals surface area contributed by atoms with Crippen molar-refractivity contribution in [3.63, 3.8) is 0 Å². The summed E-state index contributed by atoms with van der Waals surface area (Å²) in [7, 11) is 1.12. The van der Waals surface area contributed by atoms with E-state index < -0.39 is 29.2 Å². The van der Waals surface area contributed by atoms with Crippen molar-refractivity contribution in [2.75, 3.05) is 7.11 Å². The average molecular weight is 279 g/mol. The largest absolute Gasteiger partial charge is 0.496 e. The molecular weight excluding hydrogens is 270 g/mol. The van der Waals surface area contributed by atoms with Gasteiger partial charge in [-0.2, -0.15) is 18.3 Å². The van der Waals surface area contributed by atoms with E-state index >= 15 is 0 Å². The summed E-state index contributed by atoms with van der Waals surface area (Å²) >= 11 is 0. The van der Waals surface area contributed by atoms with Crippen molar-refractivity contribution in [1.82, 2.24) is 5.43 Å². The van der Waals surface area contributed by atoms with Gasteiger partial charge in [0.05, 0.1) is 18.9 Å². The lowest BCUT2D eigenvalue weighted by atomic mass is 10.1. The van der Waals surface area contributed by atoms with Crippen LogP contribution in [0.15, 0.2) is 17.2 Å². The van der Waals surface area contributed by atoms with E-state index in [4.69, 9.17) is 4.74 Å². The van der Waals surface area contributed by atoms with E-state index in [0.29, 0.717) is 12.3 Å². The molecule has 104 valence electrons. The van der Waals surface area contributed by atoms with Gasteiger partial charge in [0.2, 0.25) is 0 Å². The third-order valence-electron chi connectivity index (χ3n) is 2.03. The van der Waals surface area contributed by atoms with Gasteiger partial charge >= 0.3 is 12.2 Å². The Balaban J connectivity index is 3.36. The quantitative estimate of drug-likeness (QED) is 0.503. The Labute approximate surface area is 105 Å². The summed E-state index contributed by atoms with van der Waals surface area (Å²) in [4.78, 5) is 10.4. The SMILES string of the molecule is COc1ccc(F)c(C(F)(F)F)c1C=NNC(N)=O. The van der Waals surface area contributed by atoms with Crippen LogP contribution in [-0.2, 0) is 6.18 Å². The minimum absolute atomic E-state index is 0.247. The number of amides is 2. The van der Waals surface area contributed by atoms with Crippen LogP contribution in [0, 0.1) is 5.82 Å². The van der Waals surface area contributed by atoms with Crippen molar-refractivity contribution < 1.29 is 27.1 Å². The second kappa shape index (κ2) is 5.55. The van der Waals surface area contributed by atoms with E-state index in [-0.39, 0.29) is 5.75 Å². The highest BCUT2D eigenvalue weighted by molar-refractivity contribution is 5.87. The molecule has 0 atom stereocenters. The van der Waals surface area contributed by atoms with Crippen LogP contribution >= 0.6 is 0 Å². The zero-order chi connectivity index (χ0) is 14.6. The first kappa shape index (κ1) is 14.7. The first-order chi connectivity index (χ1) is 8.77. The zero-order valence-electron chi connectivity index (χ0n) is 9.58. The minimum atomic E-state index is -4.94. The molecule has 0 fully saturated rings. The number of rotatable bonds is 3. The first-order valence-electron chi connectivity index (χ1n) is 4.79. The number of carbonyl (C=O) groups is 1. The van der Waals surface area contributed by atoms with Gasteiger partial charge in [0.1, 0.15) is 17.1 Å². The third-order valence-corrected chi connectivity index (χ3v) is 2.03. The molecule has 1 aromatic carbocycles. The summed E-state index contributed by atoms with van der Waals surface area (Å²) in [5, 5.41) is 3.17. The number of urea groups is 1. The number of benzene rings is 1. The van der Waals surface area contributed by atoms with Gasteiger partial charge in [-0.05, 0) is 12.1 Å². The van der Waals surface area contributed by atoms with Crippen LogP contribution in [0.1, 0.15) is 11.1 Å². The van der Waals surface area contributed by atoms with Crippen LogP contribution in [0.2, 0.25) is 0 Å². The fourth-order valence-corrected chi connectivity index (χ4v) is 1.33. The van der Waals surface area contributed by atoms with E-state index in [2.05, 4.69) is 10.8 Å². The second-order valence-electron chi connectivity index (χ2n) is 3.27. The van der Waals surface area contributed by atoms with Gasteiger partial charge in [-0.1, -0.05) is 0 Å². The predicted molar refractivity (Wildman–Crippen MR) is 58.3 cm³/mol. The summed E-state index contributed by atoms with van der Waals surface area (Å²) in [5.41, 5.74) is 4.21. The summed E-state index contributed by atoms with van der Waals surface area (Å²) in [5.74, 6) is -1.72. The number of methoxy groups -OCH3 is 1. The van der Waals surface area contributed by atoms with Crippen molar-refractivity contribution in [3.8, 4) is 5.75 Å². The molecule has 2 amide bonds. The molecule has 0 aromatic heterocycles. The zero-order valence-corrected chi connectivity index (χ0v) is 9.58. The van der Waals surface area contributed by atoms with Crippen LogP contribution in [0.3, 0.4) is 0 Å². The maximum absolute atomic E-state index is 13.3. The Kier molecular flexibility index (Phi) is 4.30. The number of halogens is 4. The number of nitrogens with zero attached hydrogens (tertiary/aromatic N) is 1. The molecule has 5 nitrogen and oxygen atoms in total. The van der Waals surface area contributed by atoms with Gasteiger partial charge < -0.3 is 10.5 Å². The fourth-order valence-electron chi connectivity index (χ4n) is 1.33. The van der Waals surface area contributed by atoms with E-state index in [0.717, 1.165) is 13.2 Å². The molecule has 0 saturated carbocycles. The number of hydrogen-bond donors (Lipinski definition) is 2. The molecular formula is C10H9F4N3O2. The second-order valence-corrected chi connectivity index (χ2v) is 3.27. The first-order valence-corrected chi connectivity index (χ1v) is 4.79. The predicted octanol–water partition coefficient (Wildman–Crippen LogP) is 1.86. The minimum Gasteiger partial charge on any atom is -0.496 e. The third kappa shape index (κ3) is 3.57. The molecule has 1 aromatic rings. The number of ether oxygens (including phenoxy) is 1. The van der Waals surface area contributed by atoms with Crippen LogP contribution in [-0.4, -0.2) is 19.4 Å². The number of hydrazone groups is 1. The standard InChI is InChI=1S/C10H9F4N3O2/c1-19-7-3-2-6(11)8(10(12,13)14)5(7)4-16-17-9(15)18/h2-4H,1H3,(H3,15,17,18). The van der Waals surface area contributed by atoms with Crippen molar-refractivity contribution in [2.24, 2.45) is 10.8 Å². The number of nitrogens with two attached hydrogens (primary N) is 1. The molecule has 0 aliphatic heterocycles. The fraction of sp³-hybridized carbons (Fsp3) is 0.200. The smallest absolute Gasteiger partial charge is 0.419 e. The lowest BCUT2D eigenvalue weighted by Crippen LogP contribution is -2.24. The van der Waals surface area contributed by atoms with Crippen LogP contribution in [0.5, 0.6) is 5.75 Å². The van der Waals surface area contributed by atoms with E-state index in [1.165, 1.54) is 0 Å². The van der Waals surface area contributed by atoms with Crippen molar-refractivity contribution in [3.05, 3.63) is 29.1 Å². The Bertz CT molecular complexity index is 514. The molecule has 0 heterocycles. The van der Waals surface area contributed by atoms with Crippen molar-refractivity contribution in [1.29, 1.82) is 0 Å². The molecule has 0 aliphatic carbocycles. The molecule has 0 aliphatic rings. The summed E-state index contributed by atoms with van der Waals surface area (Å²) in [6, 6.07) is 0.566. The van der Waals surface area contributed by atoms with Gasteiger partial charge in [0.25, 0.3) is 0 Å². The summed E-state index contributed by atoms with van der Waals surface area (Å²) in [6.45, 7) is 0. The lowest BCUT2D eigenvalue weighted by molar-refractivity contribution is -0.140. The van der Waals surface area contributed by atoms with Gasteiger partial charge in [0.15, 0.2) is 0 Å². The highest BCUT2D eigenvalue weighted by Gasteiger charge is 2.37. The molecule has 9 heteroatoms. The molecule has 0 bridgehead atoms. The monoisotopic (exact) mass is 279 g/mol. The molecule has 0 unspecified atom stereocenters. The number of hydrogen-bond acceptors (Lipinski definition) is 3. The number of nitrogens with one attached hydrogen (secondary N) is 1. The van der Waals surface area contributed by atoms with E-state index in [1.807, 2.05) is 0 Å². The number of carbonyl (C=O) groups excluding carboxylic acids is 1. The Hall–Kier alpha value is -2.32. The highest BCUT2D eigenvalue weighted by Crippen LogP contribution is 2.37. The Morgan fingerprint density at radius 3 is 2.58 bits per heavy atom. The molecule has 3 N–H and O–H groups in total.